The highest BCUT2D eigenvalue weighted by molar-refractivity contribution is 5.22. The summed E-state index contributed by atoms with van der Waals surface area (Å²) in [7, 11) is 3.66. The molecule has 0 aliphatic carbocycles. The normalized spacial score (nSPS) is 12.7. The van der Waals surface area contributed by atoms with Gasteiger partial charge < -0.3 is 14.9 Å². The summed E-state index contributed by atoms with van der Waals surface area (Å²) in [5, 5.41) is 0. The topological polar surface area (TPSA) is 64.5 Å². The van der Waals surface area contributed by atoms with Gasteiger partial charge in [0.2, 0.25) is 5.88 Å². The van der Waals surface area contributed by atoms with E-state index in [0.717, 1.165) is 17.9 Å². The second-order valence-corrected chi connectivity index (χ2v) is 4.80. The van der Waals surface area contributed by atoms with E-state index in [1.54, 1.807) is 13.4 Å². The summed E-state index contributed by atoms with van der Waals surface area (Å²) >= 11 is 0. The molecule has 0 fully saturated rings. The Balaban J connectivity index is 2.12. The zero-order chi connectivity index (χ0) is 14.5. The Morgan fingerprint density at radius 1 is 1.40 bits per heavy atom. The Hall–Kier alpha value is -1.85. The molecule has 2 N–H and O–H groups in total. The number of methoxy groups -OCH3 is 1. The third-order valence-electron chi connectivity index (χ3n) is 3.49. The summed E-state index contributed by atoms with van der Waals surface area (Å²) in [5.41, 5.74) is 8.17. The van der Waals surface area contributed by atoms with E-state index in [-0.39, 0.29) is 6.04 Å². The molecule has 2 aromatic heterocycles. The van der Waals surface area contributed by atoms with Gasteiger partial charge in [0.25, 0.3) is 0 Å². The van der Waals surface area contributed by atoms with Gasteiger partial charge >= 0.3 is 0 Å². The van der Waals surface area contributed by atoms with Crippen LogP contribution in [-0.2, 0) is 6.54 Å². The van der Waals surface area contributed by atoms with Crippen LogP contribution in [0.25, 0.3) is 0 Å². The van der Waals surface area contributed by atoms with Gasteiger partial charge in [-0.1, -0.05) is 6.07 Å². The first-order chi connectivity index (χ1) is 9.65. The maximum atomic E-state index is 5.92. The van der Waals surface area contributed by atoms with E-state index in [1.165, 1.54) is 5.56 Å². The second-order valence-electron chi connectivity index (χ2n) is 4.80. The minimum absolute atomic E-state index is 0.114. The van der Waals surface area contributed by atoms with E-state index < -0.39 is 0 Å². The minimum atomic E-state index is 0.114. The van der Waals surface area contributed by atoms with Gasteiger partial charge in [0, 0.05) is 37.0 Å². The number of nitrogens with zero attached hydrogens (tertiary/aromatic N) is 2. The maximum Gasteiger partial charge on any atom is 0.212 e. The molecule has 0 radical (unpaired) electrons. The van der Waals surface area contributed by atoms with Crippen LogP contribution < -0.4 is 10.5 Å². The first kappa shape index (κ1) is 14.6. The van der Waals surface area contributed by atoms with E-state index in [9.17, 15) is 0 Å². The first-order valence-corrected chi connectivity index (χ1v) is 6.59. The van der Waals surface area contributed by atoms with Gasteiger partial charge in [0.15, 0.2) is 0 Å². The summed E-state index contributed by atoms with van der Waals surface area (Å²) in [5.74, 6) is 1.55. The van der Waals surface area contributed by atoms with Crippen molar-refractivity contribution in [3.05, 3.63) is 47.5 Å². The van der Waals surface area contributed by atoms with Crippen LogP contribution in [0.3, 0.4) is 0 Å². The molecule has 0 aromatic carbocycles. The fourth-order valence-electron chi connectivity index (χ4n) is 2.23. The number of aromatic nitrogens is 1. The number of furan rings is 1. The molecule has 0 bridgehead atoms. The molecule has 0 spiro atoms. The molecule has 5 heteroatoms. The lowest BCUT2D eigenvalue weighted by Crippen LogP contribution is -2.30. The average molecular weight is 275 g/mol. The molecule has 0 saturated heterocycles. The van der Waals surface area contributed by atoms with E-state index in [0.29, 0.717) is 12.4 Å². The molecule has 0 aliphatic rings. The van der Waals surface area contributed by atoms with Gasteiger partial charge in [-0.05, 0) is 25.6 Å². The molecule has 5 nitrogen and oxygen atoms in total. The molecule has 0 amide bonds. The molecule has 0 aliphatic heterocycles. The van der Waals surface area contributed by atoms with Gasteiger partial charge in [-0.25, -0.2) is 4.98 Å². The summed E-state index contributed by atoms with van der Waals surface area (Å²) in [6.07, 6.45) is 3.53. The van der Waals surface area contributed by atoms with Crippen molar-refractivity contribution in [2.45, 2.75) is 19.5 Å². The van der Waals surface area contributed by atoms with Crippen molar-refractivity contribution >= 4 is 0 Å². The van der Waals surface area contributed by atoms with Crippen molar-refractivity contribution in [3.8, 4) is 5.88 Å². The number of aryl methyl sites for hydroxylation is 1. The minimum Gasteiger partial charge on any atom is -0.481 e. The Bertz CT molecular complexity index is 536. The Morgan fingerprint density at radius 3 is 2.70 bits per heavy atom. The molecule has 2 aromatic rings. The van der Waals surface area contributed by atoms with Crippen LogP contribution in [0.2, 0.25) is 0 Å². The Morgan fingerprint density at radius 2 is 2.20 bits per heavy atom. The number of likely N-dealkylation sites (N-methyl/N-ethyl adjacent to an activating group) is 1. The third-order valence-corrected chi connectivity index (χ3v) is 3.49. The third kappa shape index (κ3) is 3.18. The van der Waals surface area contributed by atoms with Crippen LogP contribution in [-0.4, -0.2) is 30.6 Å². The number of ether oxygens (including phenoxy) is 1. The Labute approximate surface area is 119 Å². The maximum absolute atomic E-state index is 5.92. The van der Waals surface area contributed by atoms with Crippen molar-refractivity contribution in [1.82, 2.24) is 9.88 Å². The molecule has 20 heavy (non-hydrogen) atoms. The van der Waals surface area contributed by atoms with Crippen LogP contribution in [0.4, 0.5) is 0 Å². The monoisotopic (exact) mass is 275 g/mol. The second kappa shape index (κ2) is 6.54. The van der Waals surface area contributed by atoms with Gasteiger partial charge in [-0.15, -0.1) is 0 Å². The van der Waals surface area contributed by atoms with Crippen LogP contribution in [0.5, 0.6) is 5.88 Å². The van der Waals surface area contributed by atoms with Gasteiger partial charge in [0.1, 0.15) is 5.76 Å². The van der Waals surface area contributed by atoms with E-state index in [2.05, 4.69) is 9.88 Å². The lowest BCUT2D eigenvalue weighted by molar-refractivity contribution is 0.239. The van der Waals surface area contributed by atoms with E-state index in [1.807, 2.05) is 38.4 Å². The number of nitrogens with two attached hydrogens (primary N) is 1. The lowest BCUT2D eigenvalue weighted by atomic mass is 10.1. The highest BCUT2D eigenvalue weighted by Gasteiger charge is 2.17. The van der Waals surface area contributed by atoms with Gasteiger partial charge in [-0.2, -0.15) is 0 Å². The molecular weight excluding hydrogens is 254 g/mol. The zero-order valence-corrected chi connectivity index (χ0v) is 12.2. The van der Waals surface area contributed by atoms with Crippen molar-refractivity contribution in [2.75, 3.05) is 20.7 Å². The zero-order valence-electron chi connectivity index (χ0n) is 12.2. The highest BCUT2D eigenvalue weighted by atomic mass is 16.5. The summed E-state index contributed by atoms with van der Waals surface area (Å²) < 4.78 is 10.4. The quantitative estimate of drug-likeness (QED) is 0.875. The van der Waals surface area contributed by atoms with Crippen molar-refractivity contribution in [3.63, 3.8) is 0 Å². The molecule has 108 valence electrons. The summed E-state index contributed by atoms with van der Waals surface area (Å²) in [6.45, 7) is 3.28. The number of rotatable bonds is 6. The molecule has 1 unspecified atom stereocenters. The average Bonchev–Trinajstić information content (AvgIpc) is 2.86. The SMILES string of the molecule is COc1ccc(C(CN)N(C)Cc2ccoc2C)cn1. The van der Waals surface area contributed by atoms with Gasteiger partial charge in [0.05, 0.1) is 13.4 Å². The smallest absolute Gasteiger partial charge is 0.212 e. The molecule has 2 rings (SSSR count). The number of pyridine rings is 1. The molecular formula is C15H21N3O2. The van der Waals surface area contributed by atoms with Crippen molar-refractivity contribution in [1.29, 1.82) is 0 Å². The predicted molar refractivity (Wildman–Crippen MR) is 77.5 cm³/mol. The predicted octanol–water partition coefficient (Wildman–Crippen LogP) is 2.12. The number of hydrogen-bond acceptors (Lipinski definition) is 5. The van der Waals surface area contributed by atoms with Crippen LogP contribution >= 0.6 is 0 Å². The van der Waals surface area contributed by atoms with Crippen LogP contribution in [0.15, 0.2) is 35.1 Å². The van der Waals surface area contributed by atoms with Crippen molar-refractivity contribution < 1.29 is 9.15 Å². The van der Waals surface area contributed by atoms with Crippen LogP contribution in [0, 0.1) is 6.92 Å². The standard InChI is InChI=1S/C15H21N3O2/c1-11-13(6-7-20-11)10-18(2)14(8-16)12-4-5-15(19-3)17-9-12/h4-7,9,14H,8,10,16H2,1-3H3. The molecule has 2 heterocycles. The Kier molecular flexibility index (Phi) is 4.76. The summed E-state index contributed by atoms with van der Waals surface area (Å²) in [4.78, 5) is 6.44. The van der Waals surface area contributed by atoms with Gasteiger partial charge in [-0.3, -0.25) is 4.90 Å². The van der Waals surface area contributed by atoms with Crippen LogP contribution in [0.1, 0.15) is 22.9 Å². The fraction of sp³-hybridized carbons (Fsp3) is 0.400. The molecule has 0 saturated carbocycles. The summed E-state index contributed by atoms with van der Waals surface area (Å²) in [6, 6.07) is 5.96. The first-order valence-electron chi connectivity index (χ1n) is 6.59. The van der Waals surface area contributed by atoms with E-state index >= 15 is 0 Å². The largest absolute Gasteiger partial charge is 0.481 e. The lowest BCUT2D eigenvalue weighted by Gasteiger charge is -2.27. The number of hydrogen-bond donors (Lipinski definition) is 1. The van der Waals surface area contributed by atoms with E-state index in [4.69, 9.17) is 14.9 Å². The molecule has 1 atom stereocenters. The highest BCUT2D eigenvalue weighted by Crippen LogP contribution is 2.22. The van der Waals surface area contributed by atoms with Crippen molar-refractivity contribution in [2.24, 2.45) is 5.73 Å². The fourth-order valence-corrected chi connectivity index (χ4v) is 2.23.